The van der Waals surface area contributed by atoms with E-state index in [1.54, 1.807) is 0 Å². The highest BCUT2D eigenvalue weighted by Gasteiger charge is 2.31. The number of carbonyl (C=O) groups excluding carboxylic acids is 1. The molecule has 132 valence electrons. The van der Waals surface area contributed by atoms with Crippen molar-refractivity contribution in [3.05, 3.63) is 41.5 Å². The molecule has 0 spiro atoms. The maximum absolute atomic E-state index is 12.7. The van der Waals surface area contributed by atoms with Crippen LogP contribution in [0.5, 0.6) is 0 Å². The molecule has 4 rings (SSSR count). The van der Waals surface area contributed by atoms with Crippen molar-refractivity contribution in [1.29, 1.82) is 0 Å². The molecule has 2 aliphatic rings. The van der Waals surface area contributed by atoms with E-state index in [0.717, 1.165) is 56.8 Å². The highest BCUT2D eigenvalue weighted by Crippen LogP contribution is 2.31. The molecule has 0 radical (unpaired) electrons. The van der Waals surface area contributed by atoms with Crippen molar-refractivity contribution < 1.29 is 9.32 Å². The largest absolute Gasteiger partial charge is 0.339 e. The molecule has 1 saturated heterocycles. The summed E-state index contributed by atoms with van der Waals surface area (Å²) in [5.41, 5.74) is 2.35. The van der Waals surface area contributed by atoms with Gasteiger partial charge in [0.05, 0.1) is 6.04 Å². The molecule has 6 heteroatoms. The second kappa shape index (κ2) is 6.96. The van der Waals surface area contributed by atoms with E-state index in [-0.39, 0.29) is 11.9 Å². The first-order chi connectivity index (χ1) is 12.3. The number of likely N-dealkylation sites (tertiary alicyclic amines) is 1. The summed E-state index contributed by atoms with van der Waals surface area (Å²) in [4.78, 5) is 21.4. The normalized spacial score (nSPS) is 20.2. The summed E-state index contributed by atoms with van der Waals surface area (Å²) in [6.45, 7) is 4.55. The van der Waals surface area contributed by atoms with Gasteiger partial charge in [-0.2, -0.15) is 4.98 Å². The first-order valence-electron chi connectivity index (χ1n) is 9.21. The van der Waals surface area contributed by atoms with Gasteiger partial charge in [0.15, 0.2) is 5.82 Å². The zero-order valence-corrected chi connectivity index (χ0v) is 14.6. The van der Waals surface area contributed by atoms with Crippen LogP contribution >= 0.6 is 0 Å². The Labute approximate surface area is 147 Å². The third-order valence-electron chi connectivity index (χ3n) is 5.25. The minimum absolute atomic E-state index is 0.183. The number of carbonyl (C=O) groups is 1. The van der Waals surface area contributed by atoms with Crippen molar-refractivity contribution >= 4 is 11.6 Å². The number of amides is 1. The number of rotatable bonds is 5. The smallest absolute Gasteiger partial charge is 0.228 e. The molecule has 1 amide bonds. The average Bonchev–Trinajstić information content (AvgIpc) is 3.37. The third kappa shape index (κ3) is 3.18. The highest BCUT2D eigenvalue weighted by atomic mass is 16.5. The van der Waals surface area contributed by atoms with Crippen molar-refractivity contribution in [3.8, 4) is 0 Å². The SMILES string of the molecule is CCc1nc(C2CCCN2CCC(=O)N2CCc3ccccc32)no1. The van der Waals surface area contributed by atoms with Gasteiger partial charge in [0.2, 0.25) is 11.8 Å². The summed E-state index contributed by atoms with van der Waals surface area (Å²) in [5, 5.41) is 4.13. The van der Waals surface area contributed by atoms with Gasteiger partial charge in [0.1, 0.15) is 0 Å². The summed E-state index contributed by atoms with van der Waals surface area (Å²) >= 11 is 0. The van der Waals surface area contributed by atoms with Crippen LogP contribution in [0.4, 0.5) is 5.69 Å². The van der Waals surface area contributed by atoms with E-state index in [1.165, 1.54) is 5.56 Å². The third-order valence-corrected chi connectivity index (χ3v) is 5.25. The molecule has 0 aliphatic carbocycles. The van der Waals surface area contributed by atoms with Crippen molar-refractivity contribution in [2.75, 3.05) is 24.5 Å². The van der Waals surface area contributed by atoms with Crippen molar-refractivity contribution in [2.45, 2.75) is 45.1 Å². The highest BCUT2D eigenvalue weighted by molar-refractivity contribution is 5.95. The van der Waals surface area contributed by atoms with Crippen LogP contribution in [0.15, 0.2) is 28.8 Å². The molecule has 2 aromatic rings. The molecule has 0 saturated carbocycles. The Hall–Kier alpha value is -2.21. The zero-order valence-electron chi connectivity index (χ0n) is 14.6. The van der Waals surface area contributed by atoms with Gasteiger partial charge in [-0.25, -0.2) is 0 Å². The van der Waals surface area contributed by atoms with Crippen molar-refractivity contribution in [2.24, 2.45) is 0 Å². The molecule has 1 atom stereocenters. The maximum Gasteiger partial charge on any atom is 0.228 e. The molecule has 2 aliphatic heterocycles. The summed E-state index contributed by atoms with van der Waals surface area (Å²) in [6, 6.07) is 8.38. The lowest BCUT2D eigenvalue weighted by Crippen LogP contribution is -2.33. The van der Waals surface area contributed by atoms with Crippen LogP contribution in [-0.2, 0) is 17.6 Å². The van der Waals surface area contributed by atoms with Gasteiger partial charge < -0.3 is 9.42 Å². The van der Waals surface area contributed by atoms with Gasteiger partial charge in [0, 0.05) is 31.6 Å². The number of aryl methyl sites for hydroxylation is 1. The standard InChI is InChI=1S/C19H24N4O2/c1-2-17-20-19(21-25-17)16-8-5-11-22(16)12-10-18(24)23-13-9-14-6-3-4-7-15(14)23/h3-4,6-7,16H,2,5,8-13H2,1H3. The summed E-state index contributed by atoms with van der Waals surface area (Å²) in [5.74, 6) is 1.66. The van der Waals surface area contributed by atoms with Crippen LogP contribution in [0, 0.1) is 0 Å². The minimum Gasteiger partial charge on any atom is -0.339 e. The van der Waals surface area contributed by atoms with Gasteiger partial charge in [0.25, 0.3) is 0 Å². The quantitative estimate of drug-likeness (QED) is 0.837. The summed E-state index contributed by atoms with van der Waals surface area (Å²) in [7, 11) is 0. The Balaban J connectivity index is 1.38. The number of hydrogen-bond donors (Lipinski definition) is 0. The fraction of sp³-hybridized carbons (Fsp3) is 0.526. The Morgan fingerprint density at radius 1 is 1.32 bits per heavy atom. The second-order valence-corrected chi connectivity index (χ2v) is 6.77. The van der Waals surface area contributed by atoms with E-state index in [1.807, 2.05) is 30.0 Å². The monoisotopic (exact) mass is 340 g/mol. The van der Waals surface area contributed by atoms with E-state index in [9.17, 15) is 4.79 Å². The number of aromatic nitrogens is 2. The van der Waals surface area contributed by atoms with Crippen LogP contribution in [0.25, 0.3) is 0 Å². The number of hydrogen-bond acceptors (Lipinski definition) is 5. The van der Waals surface area contributed by atoms with Crippen LogP contribution in [0.1, 0.15) is 49.5 Å². The Morgan fingerprint density at radius 2 is 2.20 bits per heavy atom. The molecular formula is C19H24N4O2. The predicted molar refractivity (Wildman–Crippen MR) is 94.3 cm³/mol. The van der Waals surface area contributed by atoms with Gasteiger partial charge in [-0.3, -0.25) is 9.69 Å². The predicted octanol–water partition coefficient (Wildman–Crippen LogP) is 2.75. The number of nitrogens with zero attached hydrogens (tertiary/aromatic N) is 4. The topological polar surface area (TPSA) is 62.5 Å². The van der Waals surface area contributed by atoms with Crippen LogP contribution in [0.3, 0.4) is 0 Å². The van der Waals surface area contributed by atoms with Gasteiger partial charge in [-0.15, -0.1) is 0 Å². The number of fused-ring (bicyclic) bond motifs is 1. The Bertz CT molecular complexity index is 757. The molecule has 1 unspecified atom stereocenters. The first kappa shape index (κ1) is 16.3. The van der Waals surface area contributed by atoms with Crippen LogP contribution in [-0.4, -0.2) is 40.6 Å². The summed E-state index contributed by atoms with van der Waals surface area (Å²) < 4.78 is 5.26. The first-order valence-corrected chi connectivity index (χ1v) is 9.21. The molecule has 0 N–H and O–H groups in total. The van der Waals surface area contributed by atoms with E-state index >= 15 is 0 Å². The molecule has 0 bridgehead atoms. The van der Waals surface area contributed by atoms with Crippen LogP contribution < -0.4 is 4.90 Å². The molecule has 1 aromatic heterocycles. The molecule has 1 aromatic carbocycles. The lowest BCUT2D eigenvalue weighted by molar-refractivity contribution is -0.118. The number of benzene rings is 1. The molecule has 1 fully saturated rings. The Kier molecular flexibility index (Phi) is 4.53. The Morgan fingerprint density at radius 3 is 3.04 bits per heavy atom. The van der Waals surface area contributed by atoms with E-state index in [2.05, 4.69) is 21.1 Å². The average molecular weight is 340 g/mol. The molecule has 6 nitrogen and oxygen atoms in total. The number of para-hydroxylation sites is 1. The number of anilines is 1. The van der Waals surface area contributed by atoms with E-state index < -0.39 is 0 Å². The van der Waals surface area contributed by atoms with Gasteiger partial charge >= 0.3 is 0 Å². The molecular weight excluding hydrogens is 316 g/mol. The van der Waals surface area contributed by atoms with Crippen molar-refractivity contribution in [3.63, 3.8) is 0 Å². The minimum atomic E-state index is 0.183. The second-order valence-electron chi connectivity index (χ2n) is 6.77. The maximum atomic E-state index is 12.7. The van der Waals surface area contributed by atoms with Gasteiger partial charge in [-0.05, 0) is 37.4 Å². The summed E-state index contributed by atoms with van der Waals surface area (Å²) in [6.07, 6.45) is 4.39. The van der Waals surface area contributed by atoms with E-state index in [4.69, 9.17) is 4.52 Å². The van der Waals surface area contributed by atoms with Gasteiger partial charge in [-0.1, -0.05) is 30.3 Å². The zero-order chi connectivity index (χ0) is 17.2. The van der Waals surface area contributed by atoms with Crippen LogP contribution in [0.2, 0.25) is 0 Å². The van der Waals surface area contributed by atoms with Crippen molar-refractivity contribution in [1.82, 2.24) is 15.0 Å². The molecule has 25 heavy (non-hydrogen) atoms. The lowest BCUT2D eigenvalue weighted by atomic mass is 10.2. The fourth-order valence-electron chi connectivity index (χ4n) is 3.90. The molecule has 3 heterocycles. The lowest BCUT2D eigenvalue weighted by Gasteiger charge is -2.23. The fourth-order valence-corrected chi connectivity index (χ4v) is 3.90. The van der Waals surface area contributed by atoms with E-state index in [0.29, 0.717) is 12.3 Å².